The van der Waals surface area contributed by atoms with Crippen molar-refractivity contribution in [1.82, 2.24) is 0 Å². The van der Waals surface area contributed by atoms with Gasteiger partial charge in [0.15, 0.2) is 0 Å². The van der Waals surface area contributed by atoms with Crippen LogP contribution in [0.2, 0.25) is 0 Å². The highest BCUT2D eigenvalue weighted by Crippen LogP contribution is 2.36. The molecule has 0 amide bonds. The molecule has 2 aromatic rings. The van der Waals surface area contributed by atoms with Crippen molar-refractivity contribution < 1.29 is 9.90 Å². The van der Waals surface area contributed by atoms with Crippen LogP contribution in [0.25, 0.3) is 15.5 Å². The Morgan fingerprint density at radius 3 is 2.71 bits per heavy atom. The molecule has 0 radical (unpaired) electrons. The zero-order valence-corrected chi connectivity index (χ0v) is 10.5. The number of carboxylic acids is 1. The molecule has 17 heavy (non-hydrogen) atoms. The zero-order valence-electron chi connectivity index (χ0n) is 8.85. The molecular weight excluding hydrogens is 256 g/mol. The topological polar surface area (TPSA) is 73.1 Å². The largest absolute Gasteiger partial charge is 0.477 e. The number of thiophene rings is 2. The molecule has 0 aliphatic carbocycles. The second-order valence-corrected chi connectivity index (χ2v) is 5.41. The van der Waals surface area contributed by atoms with E-state index in [0.717, 1.165) is 19.3 Å². The molecule has 4 nitrogen and oxygen atoms in total. The maximum Gasteiger partial charge on any atom is 0.346 e. The van der Waals surface area contributed by atoms with Gasteiger partial charge in [-0.05, 0) is 18.2 Å². The number of nitrogens with zero attached hydrogens (tertiary/aromatic N) is 1. The van der Waals surface area contributed by atoms with E-state index in [-0.39, 0.29) is 5.57 Å². The molecule has 2 aromatic heterocycles. The smallest absolute Gasteiger partial charge is 0.346 e. The highest BCUT2D eigenvalue weighted by atomic mass is 32.1. The summed E-state index contributed by atoms with van der Waals surface area (Å²) in [7, 11) is 1.86. The number of aliphatic carboxylic acids is 1. The number of rotatable bonds is 3. The number of anilines is 1. The third-order valence-electron chi connectivity index (χ3n) is 2.11. The van der Waals surface area contributed by atoms with Gasteiger partial charge in [-0.2, -0.15) is 5.26 Å². The Morgan fingerprint density at radius 1 is 1.47 bits per heavy atom. The first-order valence-electron chi connectivity index (χ1n) is 4.70. The first-order chi connectivity index (χ1) is 8.13. The first-order valence-corrected chi connectivity index (χ1v) is 6.33. The van der Waals surface area contributed by atoms with Crippen LogP contribution < -0.4 is 5.32 Å². The standard InChI is InChI=1S/C11H8N2O2S2/c1-13-10-4-9-8(17-10)3-7(16-9)2-6(5-12)11(14)15/h2-4,13H,1H3,(H,14,15)/b6-2+. The minimum atomic E-state index is -1.19. The molecule has 0 saturated carbocycles. The molecule has 0 spiro atoms. The molecule has 0 bridgehead atoms. The van der Waals surface area contributed by atoms with Crippen LogP contribution >= 0.6 is 22.7 Å². The third-order valence-corrected chi connectivity index (χ3v) is 4.37. The lowest BCUT2D eigenvalue weighted by Gasteiger charge is -1.89. The molecule has 2 N–H and O–H groups in total. The van der Waals surface area contributed by atoms with Crippen LogP contribution in [0.3, 0.4) is 0 Å². The van der Waals surface area contributed by atoms with E-state index < -0.39 is 5.97 Å². The summed E-state index contributed by atoms with van der Waals surface area (Å²) in [5.74, 6) is -1.19. The number of hydrogen-bond acceptors (Lipinski definition) is 5. The van der Waals surface area contributed by atoms with Crippen molar-refractivity contribution in [1.29, 1.82) is 5.26 Å². The van der Waals surface area contributed by atoms with Crippen molar-refractivity contribution in [2.45, 2.75) is 0 Å². The van der Waals surface area contributed by atoms with Crippen LogP contribution in [0.1, 0.15) is 4.88 Å². The fourth-order valence-corrected chi connectivity index (χ4v) is 3.54. The van der Waals surface area contributed by atoms with Crippen molar-refractivity contribution in [2.75, 3.05) is 12.4 Å². The summed E-state index contributed by atoms with van der Waals surface area (Å²) in [4.78, 5) is 11.5. The molecule has 0 fully saturated rings. The minimum absolute atomic E-state index is 0.243. The Morgan fingerprint density at radius 2 is 2.18 bits per heavy atom. The molecule has 0 saturated heterocycles. The highest BCUT2D eigenvalue weighted by Gasteiger charge is 2.09. The lowest BCUT2D eigenvalue weighted by molar-refractivity contribution is -0.132. The number of nitriles is 1. The molecule has 0 aromatic carbocycles. The van der Waals surface area contributed by atoms with E-state index in [1.807, 2.05) is 19.2 Å². The van der Waals surface area contributed by atoms with Crippen molar-refractivity contribution >= 4 is 49.1 Å². The van der Waals surface area contributed by atoms with Gasteiger partial charge in [-0.15, -0.1) is 22.7 Å². The summed E-state index contributed by atoms with van der Waals surface area (Å²) in [5, 5.41) is 21.5. The Hall–Kier alpha value is -1.84. The van der Waals surface area contributed by atoms with E-state index in [1.165, 1.54) is 17.4 Å². The van der Waals surface area contributed by atoms with Gasteiger partial charge < -0.3 is 10.4 Å². The van der Waals surface area contributed by atoms with Gasteiger partial charge in [-0.3, -0.25) is 0 Å². The zero-order chi connectivity index (χ0) is 12.4. The SMILES string of the molecule is CNc1cc2sc(/C=C(\C#N)C(=O)O)cc2s1. The summed E-state index contributed by atoms with van der Waals surface area (Å²) in [6.07, 6.45) is 1.40. The summed E-state index contributed by atoms with van der Waals surface area (Å²) < 4.78 is 2.18. The van der Waals surface area contributed by atoms with E-state index in [4.69, 9.17) is 10.4 Å². The van der Waals surface area contributed by atoms with E-state index in [0.29, 0.717) is 0 Å². The number of nitrogens with one attached hydrogen (secondary N) is 1. The maximum absolute atomic E-state index is 10.7. The van der Waals surface area contributed by atoms with Crippen LogP contribution in [0.15, 0.2) is 17.7 Å². The average molecular weight is 264 g/mol. The third kappa shape index (κ3) is 2.30. The molecular formula is C11H8N2O2S2. The van der Waals surface area contributed by atoms with Gasteiger partial charge in [-0.1, -0.05) is 0 Å². The van der Waals surface area contributed by atoms with Gasteiger partial charge in [0.05, 0.1) is 5.00 Å². The second kappa shape index (κ2) is 4.57. The minimum Gasteiger partial charge on any atom is -0.477 e. The fraction of sp³-hybridized carbons (Fsp3) is 0.0909. The molecule has 0 aliphatic heterocycles. The Bertz CT molecular complexity index is 615. The van der Waals surface area contributed by atoms with Crippen molar-refractivity contribution in [2.24, 2.45) is 0 Å². The fourth-order valence-electron chi connectivity index (χ4n) is 1.33. The summed E-state index contributed by atoms with van der Waals surface area (Å²) >= 11 is 3.08. The van der Waals surface area contributed by atoms with Crippen molar-refractivity contribution in [3.8, 4) is 6.07 Å². The molecule has 0 aliphatic rings. The number of fused-ring (bicyclic) bond motifs is 1. The lowest BCUT2D eigenvalue weighted by atomic mass is 10.2. The van der Waals surface area contributed by atoms with Crippen LogP contribution in [0.4, 0.5) is 5.00 Å². The van der Waals surface area contributed by atoms with Gasteiger partial charge in [0.25, 0.3) is 0 Å². The maximum atomic E-state index is 10.7. The van der Waals surface area contributed by atoms with Crippen LogP contribution in [0.5, 0.6) is 0 Å². The van der Waals surface area contributed by atoms with E-state index >= 15 is 0 Å². The molecule has 0 atom stereocenters. The number of carboxylic acid groups (broad SMARTS) is 1. The van der Waals surface area contributed by atoms with Gasteiger partial charge in [0, 0.05) is 21.3 Å². The predicted octanol–water partition coefficient (Wildman–Crippen LogP) is 3.00. The van der Waals surface area contributed by atoms with Crippen LogP contribution in [-0.4, -0.2) is 18.1 Å². The average Bonchev–Trinajstić information content (AvgIpc) is 2.82. The van der Waals surface area contributed by atoms with Crippen molar-refractivity contribution in [3.63, 3.8) is 0 Å². The second-order valence-electron chi connectivity index (χ2n) is 3.21. The predicted molar refractivity (Wildman–Crippen MR) is 70.5 cm³/mol. The van der Waals surface area contributed by atoms with Gasteiger partial charge in [-0.25, -0.2) is 4.79 Å². The Labute approximate surface area is 105 Å². The van der Waals surface area contributed by atoms with Gasteiger partial charge >= 0.3 is 5.97 Å². The number of carbonyl (C=O) groups is 1. The summed E-state index contributed by atoms with van der Waals surface area (Å²) in [6.45, 7) is 0. The summed E-state index contributed by atoms with van der Waals surface area (Å²) in [6, 6.07) is 5.57. The van der Waals surface area contributed by atoms with Crippen molar-refractivity contribution in [3.05, 3.63) is 22.6 Å². The monoisotopic (exact) mass is 264 g/mol. The van der Waals surface area contributed by atoms with E-state index in [9.17, 15) is 4.79 Å². The van der Waals surface area contributed by atoms with Gasteiger partial charge in [0.1, 0.15) is 11.6 Å². The quantitative estimate of drug-likeness (QED) is 0.660. The molecule has 0 unspecified atom stereocenters. The van der Waals surface area contributed by atoms with Crippen LogP contribution in [0, 0.1) is 11.3 Å². The highest BCUT2D eigenvalue weighted by molar-refractivity contribution is 7.30. The number of hydrogen-bond donors (Lipinski definition) is 2. The molecule has 86 valence electrons. The normalized spacial score (nSPS) is 11.4. The summed E-state index contributed by atoms with van der Waals surface area (Å²) in [5.41, 5.74) is -0.243. The van der Waals surface area contributed by atoms with E-state index in [1.54, 1.807) is 17.4 Å². The molecule has 2 heterocycles. The van der Waals surface area contributed by atoms with Crippen LogP contribution in [-0.2, 0) is 4.79 Å². The van der Waals surface area contributed by atoms with E-state index in [2.05, 4.69) is 5.32 Å². The first kappa shape index (κ1) is 11.6. The van der Waals surface area contributed by atoms with Gasteiger partial charge in [0.2, 0.25) is 0 Å². The Balaban J connectivity index is 2.41. The molecule has 2 rings (SSSR count). The lowest BCUT2D eigenvalue weighted by Crippen LogP contribution is -1.96. The Kier molecular flexibility index (Phi) is 3.13. The molecule has 6 heteroatoms.